The number of carbonyl (C=O) groups is 2. The summed E-state index contributed by atoms with van der Waals surface area (Å²) in [6, 6.07) is 7.85. The van der Waals surface area contributed by atoms with Gasteiger partial charge in [0.15, 0.2) is 0 Å². The average molecular weight is 494 g/mol. The Hall–Kier alpha value is -3.15. The Morgan fingerprint density at radius 3 is 2.79 bits per heavy atom. The summed E-state index contributed by atoms with van der Waals surface area (Å²) < 4.78 is 7.47. The number of nitrogens with one attached hydrogen (secondary N) is 1. The number of carbonyl (C=O) groups excluding carboxylic acids is 2. The summed E-state index contributed by atoms with van der Waals surface area (Å²) in [6.45, 7) is 6.45. The molecule has 0 unspecified atom stereocenters. The molecule has 6 nitrogen and oxygen atoms in total. The summed E-state index contributed by atoms with van der Waals surface area (Å²) in [6.07, 6.45) is 5.68. The summed E-state index contributed by atoms with van der Waals surface area (Å²) in [4.78, 5) is 27.9. The number of thiophene rings is 2. The Balaban J connectivity index is 1.70. The van der Waals surface area contributed by atoms with Gasteiger partial charge in [-0.15, -0.1) is 22.7 Å². The molecule has 0 saturated carbocycles. The maximum absolute atomic E-state index is 12.9. The molecule has 0 radical (unpaired) electrons. The van der Waals surface area contributed by atoms with Crippen LogP contribution in [0.5, 0.6) is 0 Å². The van der Waals surface area contributed by atoms with Crippen molar-refractivity contribution in [3.8, 4) is 11.1 Å². The second-order valence-electron chi connectivity index (χ2n) is 8.21. The first-order valence-electron chi connectivity index (χ1n) is 11.4. The van der Waals surface area contributed by atoms with Gasteiger partial charge in [-0.05, 0) is 81.2 Å². The molecule has 0 bridgehead atoms. The highest BCUT2D eigenvalue weighted by Gasteiger charge is 2.28. The van der Waals surface area contributed by atoms with Gasteiger partial charge in [-0.25, -0.2) is 4.79 Å². The minimum atomic E-state index is -0.403. The van der Waals surface area contributed by atoms with E-state index in [1.807, 2.05) is 50.4 Å². The van der Waals surface area contributed by atoms with Crippen LogP contribution in [-0.2, 0) is 28.9 Å². The smallest absolute Gasteiger partial charge is 0.341 e. The van der Waals surface area contributed by atoms with Crippen molar-refractivity contribution in [1.29, 1.82) is 5.26 Å². The third kappa shape index (κ3) is 4.72. The highest BCUT2D eigenvalue weighted by atomic mass is 32.1. The van der Waals surface area contributed by atoms with Gasteiger partial charge in [-0.3, -0.25) is 4.79 Å². The Morgan fingerprint density at radius 1 is 1.29 bits per heavy atom. The number of hydrogen-bond donors (Lipinski definition) is 1. The SMILES string of the molecule is CCOC(=O)c1c(-n2c(C)cc(/C=C(\C#N)C(=O)NCc3cccs3)c2C)sc2c1CCCC2. The Kier molecular flexibility index (Phi) is 7.35. The second kappa shape index (κ2) is 10.4. The zero-order chi connectivity index (χ0) is 24.2. The number of ether oxygens (including phenoxy) is 1. The fourth-order valence-corrected chi connectivity index (χ4v) is 6.48. The van der Waals surface area contributed by atoms with Gasteiger partial charge >= 0.3 is 5.97 Å². The monoisotopic (exact) mass is 493 g/mol. The molecule has 3 aromatic rings. The summed E-state index contributed by atoms with van der Waals surface area (Å²) in [5.41, 5.74) is 4.41. The summed E-state index contributed by atoms with van der Waals surface area (Å²) in [5.74, 6) is -0.688. The van der Waals surface area contributed by atoms with Gasteiger partial charge in [0.2, 0.25) is 0 Å². The third-order valence-corrected chi connectivity index (χ3v) is 8.13. The van der Waals surface area contributed by atoms with E-state index < -0.39 is 5.91 Å². The summed E-state index contributed by atoms with van der Waals surface area (Å²) in [7, 11) is 0. The lowest BCUT2D eigenvalue weighted by Crippen LogP contribution is -2.23. The summed E-state index contributed by atoms with van der Waals surface area (Å²) in [5, 5.41) is 15.3. The van der Waals surface area contributed by atoms with E-state index in [0.29, 0.717) is 18.7 Å². The van der Waals surface area contributed by atoms with Crippen LogP contribution >= 0.6 is 22.7 Å². The fraction of sp³-hybridized carbons (Fsp3) is 0.346. The van der Waals surface area contributed by atoms with Crippen molar-refractivity contribution < 1.29 is 14.3 Å². The quantitative estimate of drug-likeness (QED) is 0.268. The van der Waals surface area contributed by atoms with Crippen LogP contribution in [0.1, 0.15) is 62.4 Å². The van der Waals surface area contributed by atoms with E-state index in [0.717, 1.165) is 58.1 Å². The molecule has 1 amide bonds. The van der Waals surface area contributed by atoms with Gasteiger partial charge in [-0.1, -0.05) is 6.07 Å². The normalized spacial score (nSPS) is 13.3. The van der Waals surface area contributed by atoms with Gasteiger partial charge in [0.1, 0.15) is 16.6 Å². The lowest BCUT2D eigenvalue weighted by Gasteiger charge is -2.13. The zero-order valence-corrected chi connectivity index (χ0v) is 21.2. The number of amides is 1. The second-order valence-corrected chi connectivity index (χ2v) is 10.3. The Labute approximate surface area is 207 Å². The van der Waals surface area contributed by atoms with Crippen molar-refractivity contribution in [3.05, 3.63) is 67.0 Å². The summed E-state index contributed by atoms with van der Waals surface area (Å²) >= 11 is 3.20. The molecule has 0 saturated heterocycles. The van der Waals surface area contributed by atoms with E-state index in [9.17, 15) is 14.9 Å². The van der Waals surface area contributed by atoms with Crippen LogP contribution in [0.2, 0.25) is 0 Å². The molecule has 0 atom stereocenters. The standard InChI is InChI=1S/C26H27N3O3S2/c1-4-32-26(31)23-21-9-5-6-10-22(21)34-25(23)29-16(2)12-18(17(29)3)13-19(14-27)24(30)28-15-20-8-7-11-33-20/h7-8,11-13H,4-6,9-10,15H2,1-3H3,(H,28,30)/b19-13+. The Bertz CT molecular complexity index is 1290. The van der Waals surface area contributed by atoms with Crippen molar-refractivity contribution in [2.24, 2.45) is 0 Å². The van der Waals surface area contributed by atoms with Gasteiger partial charge in [0.05, 0.1) is 18.7 Å². The van der Waals surface area contributed by atoms with E-state index in [-0.39, 0.29) is 11.5 Å². The molecule has 3 aromatic heterocycles. The lowest BCUT2D eigenvalue weighted by molar-refractivity contribution is -0.117. The van der Waals surface area contributed by atoms with Crippen LogP contribution in [0.15, 0.2) is 29.2 Å². The lowest BCUT2D eigenvalue weighted by atomic mass is 9.95. The van der Waals surface area contributed by atoms with Crippen molar-refractivity contribution in [1.82, 2.24) is 9.88 Å². The third-order valence-electron chi connectivity index (χ3n) is 5.97. The predicted molar refractivity (Wildman–Crippen MR) is 135 cm³/mol. The van der Waals surface area contributed by atoms with E-state index in [1.165, 1.54) is 4.88 Å². The largest absolute Gasteiger partial charge is 0.462 e. The molecule has 1 aliphatic rings. The number of aromatic nitrogens is 1. The highest BCUT2D eigenvalue weighted by molar-refractivity contribution is 7.15. The number of aryl methyl sites for hydroxylation is 2. The fourth-order valence-electron chi connectivity index (χ4n) is 4.35. The van der Waals surface area contributed by atoms with Crippen molar-refractivity contribution in [2.45, 2.75) is 53.0 Å². The maximum Gasteiger partial charge on any atom is 0.341 e. The molecular weight excluding hydrogens is 466 g/mol. The van der Waals surface area contributed by atoms with Crippen LogP contribution in [0.4, 0.5) is 0 Å². The van der Waals surface area contributed by atoms with Gasteiger partial charge in [0, 0.05) is 21.1 Å². The first-order valence-corrected chi connectivity index (χ1v) is 13.1. The van der Waals surface area contributed by atoms with Crippen LogP contribution in [0.3, 0.4) is 0 Å². The van der Waals surface area contributed by atoms with E-state index in [1.54, 1.807) is 28.7 Å². The number of esters is 1. The van der Waals surface area contributed by atoms with Gasteiger partial charge < -0.3 is 14.6 Å². The molecular formula is C26H27N3O3S2. The van der Waals surface area contributed by atoms with Crippen molar-refractivity contribution in [3.63, 3.8) is 0 Å². The first kappa shape index (κ1) is 24.0. The van der Waals surface area contributed by atoms with Crippen LogP contribution < -0.4 is 5.32 Å². The van der Waals surface area contributed by atoms with Crippen molar-refractivity contribution in [2.75, 3.05) is 6.61 Å². The molecule has 3 heterocycles. The molecule has 0 fully saturated rings. The van der Waals surface area contributed by atoms with Crippen LogP contribution in [-0.4, -0.2) is 23.1 Å². The number of nitriles is 1. The minimum Gasteiger partial charge on any atom is -0.462 e. The number of rotatable bonds is 7. The number of nitrogens with zero attached hydrogens (tertiary/aromatic N) is 2. The minimum absolute atomic E-state index is 0.0490. The van der Waals surface area contributed by atoms with E-state index >= 15 is 0 Å². The molecule has 0 aromatic carbocycles. The van der Waals surface area contributed by atoms with Crippen LogP contribution in [0, 0.1) is 25.2 Å². The first-order chi connectivity index (χ1) is 16.4. The topological polar surface area (TPSA) is 84.1 Å². The molecule has 8 heteroatoms. The Morgan fingerprint density at radius 2 is 2.09 bits per heavy atom. The van der Waals surface area contributed by atoms with E-state index in [2.05, 4.69) is 9.88 Å². The van der Waals surface area contributed by atoms with Crippen molar-refractivity contribution >= 4 is 40.6 Å². The number of fused-ring (bicyclic) bond motifs is 1. The van der Waals surface area contributed by atoms with Gasteiger partial charge in [-0.2, -0.15) is 5.26 Å². The molecule has 1 N–H and O–H groups in total. The molecule has 0 aliphatic heterocycles. The molecule has 1 aliphatic carbocycles. The number of hydrogen-bond acceptors (Lipinski definition) is 6. The maximum atomic E-state index is 12.9. The van der Waals surface area contributed by atoms with E-state index in [4.69, 9.17) is 4.74 Å². The van der Waals surface area contributed by atoms with Crippen LogP contribution in [0.25, 0.3) is 11.1 Å². The zero-order valence-electron chi connectivity index (χ0n) is 19.6. The highest BCUT2D eigenvalue weighted by Crippen LogP contribution is 2.39. The molecule has 176 valence electrons. The van der Waals surface area contributed by atoms with Gasteiger partial charge in [0.25, 0.3) is 5.91 Å². The average Bonchev–Trinajstić information content (AvgIpc) is 3.53. The molecule has 34 heavy (non-hydrogen) atoms. The molecule has 0 spiro atoms. The predicted octanol–water partition coefficient (Wildman–Crippen LogP) is 5.50. The molecule has 4 rings (SSSR count).